The molecule has 3 aromatic rings. The van der Waals surface area contributed by atoms with E-state index in [1.807, 2.05) is 24.3 Å². The van der Waals surface area contributed by atoms with Crippen LogP contribution < -0.4 is 9.08 Å². The molecule has 162 valence electrons. The molecular formula is C25H21NO5S. The summed E-state index contributed by atoms with van der Waals surface area (Å²) in [6.45, 7) is 0. The molecule has 7 heteroatoms. The van der Waals surface area contributed by atoms with Gasteiger partial charge in [-0.3, -0.25) is 14.5 Å². The Hall–Kier alpha value is -3.19. The molecule has 2 saturated carbocycles. The number of anilines is 1. The van der Waals surface area contributed by atoms with Gasteiger partial charge in [-0.2, -0.15) is 8.42 Å². The third kappa shape index (κ3) is 2.88. The predicted octanol–water partition coefficient (Wildman–Crippen LogP) is 4.14. The van der Waals surface area contributed by atoms with Crippen LogP contribution in [0.5, 0.6) is 5.75 Å². The fourth-order valence-corrected chi connectivity index (χ4v) is 6.78. The van der Waals surface area contributed by atoms with Gasteiger partial charge in [0.25, 0.3) is 0 Å². The Bertz CT molecular complexity index is 1340. The quantitative estimate of drug-likeness (QED) is 0.444. The van der Waals surface area contributed by atoms with Gasteiger partial charge in [0, 0.05) is 0 Å². The highest BCUT2D eigenvalue weighted by Crippen LogP contribution is 2.56. The van der Waals surface area contributed by atoms with Crippen LogP contribution in [-0.2, 0) is 19.7 Å². The molecule has 0 radical (unpaired) electrons. The van der Waals surface area contributed by atoms with E-state index in [2.05, 4.69) is 0 Å². The van der Waals surface area contributed by atoms with Gasteiger partial charge in [0.1, 0.15) is 10.6 Å². The van der Waals surface area contributed by atoms with E-state index in [1.165, 1.54) is 23.1 Å². The van der Waals surface area contributed by atoms with Crippen molar-refractivity contribution in [1.82, 2.24) is 0 Å². The van der Waals surface area contributed by atoms with Crippen LogP contribution in [0.15, 0.2) is 71.6 Å². The Balaban J connectivity index is 1.24. The third-order valence-electron chi connectivity index (χ3n) is 7.24. The molecule has 1 heterocycles. The number of hydrogen-bond acceptors (Lipinski definition) is 5. The molecule has 0 N–H and O–H groups in total. The SMILES string of the molecule is O=C1C2C3CCC(C3)C2C(=O)N1c1ccc(OS(=O)(=O)c2ccc3ccccc3c2)cc1. The van der Waals surface area contributed by atoms with E-state index in [1.54, 1.807) is 24.3 Å². The summed E-state index contributed by atoms with van der Waals surface area (Å²) in [7, 11) is -4.02. The summed E-state index contributed by atoms with van der Waals surface area (Å²) in [4.78, 5) is 27.3. The van der Waals surface area contributed by atoms with Crippen molar-refractivity contribution in [2.45, 2.75) is 24.2 Å². The predicted molar refractivity (Wildman–Crippen MR) is 119 cm³/mol. The second-order valence-electron chi connectivity index (χ2n) is 8.94. The molecule has 3 fully saturated rings. The van der Waals surface area contributed by atoms with Crippen molar-refractivity contribution in [2.75, 3.05) is 4.90 Å². The van der Waals surface area contributed by atoms with E-state index in [4.69, 9.17) is 4.18 Å². The van der Waals surface area contributed by atoms with Crippen LogP contribution in [0.2, 0.25) is 0 Å². The number of rotatable bonds is 4. The Kier molecular flexibility index (Phi) is 4.21. The fourth-order valence-electron chi connectivity index (χ4n) is 5.81. The maximum Gasteiger partial charge on any atom is 0.339 e. The van der Waals surface area contributed by atoms with Crippen LogP contribution in [0, 0.1) is 23.7 Å². The smallest absolute Gasteiger partial charge is 0.339 e. The third-order valence-corrected chi connectivity index (χ3v) is 8.48. The second-order valence-corrected chi connectivity index (χ2v) is 10.5. The first kappa shape index (κ1) is 19.5. The molecule has 1 aliphatic heterocycles. The minimum Gasteiger partial charge on any atom is -0.379 e. The molecule has 0 aromatic heterocycles. The van der Waals surface area contributed by atoms with E-state index in [0.29, 0.717) is 17.5 Å². The Morgan fingerprint density at radius 2 is 1.41 bits per heavy atom. The molecule has 6 rings (SSSR count). The highest BCUT2D eigenvalue weighted by atomic mass is 32.2. The number of imide groups is 1. The van der Waals surface area contributed by atoms with Gasteiger partial charge in [0.15, 0.2) is 0 Å². The molecule has 2 amide bonds. The number of benzene rings is 3. The van der Waals surface area contributed by atoms with E-state index in [9.17, 15) is 18.0 Å². The number of hydrogen-bond donors (Lipinski definition) is 0. The van der Waals surface area contributed by atoms with E-state index < -0.39 is 10.1 Å². The molecule has 3 aromatic carbocycles. The van der Waals surface area contributed by atoms with Gasteiger partial charge < -0.3 is 4.18 Å². The van der Waals surface area contributed by atoms with Crippen LogP contribution in [0.1, 0.15) is 19.3 Å². The van der Waals surface area contributed by atoms with Crippen molar-refractivity contribution < 1.29 is 22.2 Å². The van der Waals surface area contributed by atoms with Gasteiger partial charge in [-0.15, -0.1) is 0 Å². The first-order chi connectivity index (χ1) is 15.4. The normalized spacial score (nSPS) is 26.7. The summed E-state index contributed by atoms with van der Waals surface area (Å²) < 4.78 is 30.8. The lowest BCUT2D eigenvalue weighted by molar-refractivity contribution is -0.123. The molecule has 3 aliphatic rings. The first-order valence-electron chi connectivity index (χ1n) is 10.8. The summed E-state index contributed by atoms with van der Waals surface area (Å²) in [6.07, 6.45) is 3.04. The molecule has 6 nitrogen and oxygen atoms in total. The summed E-state index contributed by atoms with van der Waals surface area (Å²) >= 11 is 0. The summed E-state index contributed by atoms with van der Waals surface area (Å²) in [6, 6.07) is 18.4. The van der Waals surface area contributed by atoms with Gasteiger partial charge in [0.2, 0.25) is 11.8 Å². The second kappa shape index (κ2) is 6.90. The Morgan fingerprint density at radius 1 is 0.781 bits per heavy atom. The number of carbonyl (C=O) groups excluding carboxylic acids is 2. The highest BCUT2D eigenvalue weighted by Gasteiger charge is 2.61. The van der Waals surface area contributed by atoms with Crippen molar-refractivity contribution in [1.29, 1.82) is 0 Å². The minimum atomic E-state index is -4.02. The topological polar surface area (TPSA) is 80.8 Å². The van der Waals surface area contributed by atoms with Gasteiger partial charge in [-0.25, -0.2) is 0 Å². The molecular weight excluding hydrogens is 426 g/mol. The molecule has 0 spiro atoms. The van der Waals surface area contributed by atoms with Crippen LogP contribution in [0.4, 0.5) is 5.69 Å². The van der Waals surface area contributed by atoms with Gasteiger partial charge in [-0.05, 0) is 78.3 Å². The zero-order valence-electron chi connectivity index (χ0n) is 17.2. The average molecular weight is 448 g/mol. The minimum absolute atomic E-state index is 0.0634. The van der Waals surface area contributed by atoms with Crippen LogP contribution in [0.25, 0.3) is 10.8 Å². The first-order valence-corrected chi connectivity index (χ1v) is 12.2. The van der Waals surface area contributed by atoms with Crippen molar-refractivity contribution >= 4 is 38.4 Å². The fraction of sp³-hybridized carbons (Fsp3) is 0.280. The van der Waals surface area contributed by atoms with Crippen molar-refractivity contribution in [2.24, 2.45) is 23.7 Å². The molecule has 4 atom stereocenters. The van der Waals surface area contributed by atoms with Gasteiger partial charge in [-0.1, -0.05) is 30.3 Å². The zero-order chi connectivity index (χ0) is 22.0. The summed E-state index contributed by atoms with van der Waals surface area (Å²) in [5, 5.41) is 1.74. The lowest BCUT2D eigenvalue weighted by atomic mass is 9.81. The van der Waals surface area contributed by atoms with Crippen molar-refractivity contribution in [3.05, 3.63) is 66.7 Å². The summed E-state index contributed by atoms with van der Waals surface area (Å²) in [5.74, 6) is 0.147. The monoisotopic (exact) mass is 447 g/mol. The van der Waals surface area contributed by atoms with Gasteiger partial charge in [0.05, 0.1) is 17.5 Å². The maximum absolute atomic E-state index is 13.0. The number of amides is 2. The zero-order valence-corrected chi connectivity index (χ0v) is 18.0. The Labute approximate surface area is 185 Å². The molecule has 4 unspecified atom stereocenters. The van der Waals surface area contributed by atoms with Crippen LogP contribution in [-0.4, -0.2) is 20.2 Å². The van der Waals surface area contributed by atoms with E-state index in [-0.39, 0.29) is 34.3 Å². The number of nitrogens with zero attached hydrogens (tertiary/aromatic N) is 1. The lowest BCUT2D eigenvalue weighted by Crippen LogP contribution is -2.32. The van der Waals surface area contributed by atoms with Crippen molar-refractivity contribution in [3.63, 3.8) is 0 Å². The van der Waals surface area contributed by atoms with Crippen molar-refractivity contribution in [3.8, 4) is 5.75 Å². The van der Waals surface area contributed by atoms with E-state index >= 15 is 0 Å². The van der Waals surface area contributed by atoms with E-state index in [0.717, 1.165) is 30.0 Å². The molecule has 2 bridgehead atoms. The largest absolute Gasteiger partial charge is 0.379 e. The molecule has 32 heavy (non-hydrogen) atoms. The summed E-state index contributed by atoms with van der Waals surface area (Å²) in [5.41, 5.74) is 0.462. The molecule has 1 saturated heterocycles. The number of carbonyl (C=O) groups is 2. The maximum atomic E-state index is 13.0. The molecule has 2 aliphatic carbocycles. The average Bonchev–Trinajstić information content (AvgIpc) is 3.48. The van der Waals surface area contributed by atoms with Gasteiger partial charge >= 0.3 is 10.1 Å². The standard InChI is InChI=1S/C25H21NO5S/c27-24-22-17-5-6-18(13-17)23(22)25(28)26(24)19-8-10-20(11-9-19)31-32(29,30)21-12-7-15-3-1-2-4-16(15)14-21/h1-4,7-12,14,17-18,22-23H,5-6,13H2. The van der Waals surface area contributed by atoms with Crippen LogP contribution >= 0.6 is 0 Å². The Morgan fingerprint density at radius 3 is 2.06 bits per heavy atom. The lowest BCUT2D eigenvalue weighted by Gasteiger charge is -2.19. The number of fused-ring (bicyclic) bond motifs is 6. The highest BCUT2D eigenvalue weighted by molar-refractivity contribution is 7.87. The van der Waals surface area contributed by atoms with Crippen LogP contribution in [0.3, 0.4) is 0 Å².